The predicted molar refractivity (Wildman–Crippen MR) is 113 cm³/mol. The number of benzene rings is 2. The van der Waals surface area contributed by atoms with Gasteiger partial charge in [0.1, 0.15) is 0 Å². The molecule has 150 valence electrons. The molecule has 0 saturated carbocycles. The van der Waals surface area contributed by atoms with Crippen LogP contribution >= 0.6 is 15.9 Å². The van der Waals surface area contributed by atoms with E-state index in [1.165, 1.54) is 13.0 Å². The molecule has 2 N–H and O–H groups in total. The van der Waals surface area contributed by atoms with Crippen LogP contribution in [0.5, 0.6) is 0 Å². The number of rotatable bonds is 7. The van der Waals surface area contributed by atoms with Gasteiger partial charge >= 0.3 is 0 Å². The molecule has 0 atom stereocenters. The molecule has 28 heavy (non-hydrogen) atoms. The minimum absolute atomic E-state index is 0.141. The molecule has 0 aromatic heterocycles. The van der Waals surface area contributed by atoms with Crippen molar-refractivity contribution in [3.8, 4) is 0 Å². The second-order valence-electron chi connectivity index (χ2n) is 6.15. The molecule has 0 aliphatic carbocycles. The molecule has 0 unspecified atom stereocenters. The third-order valence-corrected chi connectivity index (χ3v) is 6.74. The van der Waals surface area contributed by atoms with Crippen molar-refractivity contribution in [3.63, 3.8) is 0 Å². The van der Waals surface area contributed by atoms with Crippen LogP contribution in [-0.4, -0.2) is 37.6 Å². The molecule has 2 amide bonds. The van der Waals surface area contributed by atoms with E-state index in [1.54, 1.807) is 50.2 Å². The fraction of sp³-hybridized carbons (Fsp3) is 0.263. The minimum atomic E-state index is -3.79. The summed E-state index contributed by atoms with van der Waals surface area (Å²) in [6, 6.07) is 11.3. The highest BCUT2D eigenvalue weighted by atomic mass is 79.9. The summed E-state index contributed by atoms with van der Waals surface area (Å²) in [4.78, 5) is 23.5. The second kappa shape index (κ2) is 9.31. The van der Waals surface area contributed by atoms with E-state index < -0.39 is 15.9 Å². The Labute approximate surface area is 173 Å². The van der Waals surface area contributed by atoms with Gasteiger partial charge in [-0.05, 0) is 55.0 Å². The summed E-state index contributed by atoms with van der Waals surface area (Å²) in [7, 11) is -3.79. The van der Waals surface area contributed by atoms with Crippen molar-refractivity contribution in [2.45, 2.75) is 25.7 Å². The molecule has 0 aliphatic heterocycles. The second-order valence-corrected chi connectivity index (χ2v) is 8.94. The number of nitrogens with zero attached hydrogens (tertiary/aromatic N) is 1. The Morgan fingerprint density at radius 2 is 1.61 bits per heavy atom. The topological polar surface area (TPSA) is 95.6 Å². The first-order valence-corrected chi connectivity index (χ1v) is 10.8. The lowest BCUT2D eigenvalue weighted by molar-refractivity contribution is -0.116. The molecule has 7 nitrogen and oxygen atoms in total. The highest BCUT2D eigenvalue weighted by molar-refractivity contribution is 9.10. The first kappa shape index (κ1) is 22.1. The van der Waals surface area contributed by atoms with Gasteiger partial charge in [0, 0.05) is 29.3 Å². The molecule has 0 fully saturated rings. The van der Waals surface area contributed by atoms with Crippen molar-refractivity contribution in [2.24, 2.45) is 0 Å². The van der Waals surface area contributed by atoms with Crippen molar-refractivity contribution in [1.29, 1.82) is 0 Å². The Morgan fingerprint density at radius 3 is 2.11 bits per heavy atom. The van der Waals surface area contributed by atoms with E-state index in [9.17, 15) is 18.0 Å². The molecule has 0 aliphatic rings. The Hall–Kier alpha value is -2.23. The summed E-state index contributed by atoms with van der Waals surface area (Å²) in [5, 5.41) is 5.30. The molecule has 9 heteroatoms. The monoisotopic (exact) mass is 467 g/mol. The lowest BCUT2D eigenvalue weighted by Crippen LogP contribution is -2.37. The number of aryl methyl sites for hydroxylation is 1. The number of likely N-dealkylation sites (N-methyl/N-ethyl adjacent to an activating group) is 1. The number of carbonyl (C=O) groups is 2. The first-order chi connectivity index (χ1) is 13.1. The Bertz CT molecular complexity index is 975. The van der Waals surface area contributed by atoms with Crippen LogP contribution in [-0.2, 0) is 19.6 Å². The van der Waals surface area contributed by atoms with Crippen LogP contribution in [0.2, 0.25) is 0 Å². The fourth-order valence-electron chi connectivity index (χ4n) is 2.49. The van der Waals surface area contributed by atoms with Gasteiger partial charge in [-0.2, -0.15) is 4.31 Å². The molecule has 2 rings (SSSR count). The number of sulfonamides is 1. The zero-order chi connectivity index (χ0) is 20.9. The summed E-state index contributed by atoms with van der Waals surface area (Å²) in [5.41, 5.74) is 1.90. The Morgan fingerprint density at radius 1 is 1.04 bits per heavy atom. The number of hydrogen-bond acceptors (Lipinski definition) is 4. The maximum Gasteiger partial charge on any atom is 0.243 e. The van der Waals surface area contributed by atoms with Crippen LogP contribution in [0.15, 0.2) is 51.8 Å². The van der Waals surface area contributed by atoms with Crippen LogP contribution in [0.4, 0.5) is 11.4 Å². The minimum Gasteiger partial charge on any atom is -0.326 e. The van der Waals surface area contributed by atoms with Crippen LogP contribution in [0.1, 0.15) is 19.4 Å². The molecule has 0 spiro atoms. The van der Waals surface area contributed by atoms with E-state index in [4.69, 9.17) is 0 Å². The van der Waals surface area contributed by atoms with E-state index in [0.717, 1.165) is 14.3 Å². The summed E-state index contributed by atoms with van der Waals surface area (Å²) in [6.45, 7) is 4.74. The maximum absolute atomic E-state index is 12.9. The highest BCUT2D eigenvalue weighted by Gasteiger charge is 2.25. The molecule has 0 heterocycles. The standard InChI is InChI=1S/C19H22BrN3O4S/c1-4-23(28(26,27)17-9-10-18(20)13(2)11-17)12-19(25)22-16-7-5-15(6-8-16)21-14(3)24/h5-11H,4,12H2,1-3H3,(H,21,24)(H,22,25). The van der Waals surface area contributed by atoms with Gasteiger partial charge in [-0.25, -0.2) is 8.42 Å². The average molecular weight is 468 g/mol. The van der Waals surface area contributed by atoms with E-state index in [1.807, 2.05) is 0 Å². The van der Waals surface area contributed by atoms with Crippen molar-refractivity contribution in [1.82, 2.24) is 4.31 Å². The number of carbonyl (C=O) groups excluding carboxylic acids is 2. The van der Waals surface area contributed by atoms with E-state index >= 15 is 0 Å². The van der Waals surface area contributed by atoms with Crippen LogP contribution < -0.4 is 10.6 Å². The molecule has 2 aromatic carbocycles. The smallest absolute Gasteiger partial charge is 0.243 e. The van der Waals surface area contributed by atoms with Crippen molar-refractivity contribution < 1.29 is 18.0 Å². The number of halogens is 1. The quantitative estimate of drug-likeness (QED) is 0.652. The van der Waals surface area contributed by atoms with E-state index in [0.29, 0.717) is 11.4 Å². The molecule has 0 radical (unpaired) electrons. The van der Waals surface area contributed by atoms with E-state index in [2.05, 4.69) is 26.6 Å². The molecular formula is C19H22BrN3O4S. The van der Waals surface area contributed by atoms with Crippen LogP contribution in [0.25, 0.3) is 0 Å². The van der Waals surface area contributed by atoms with Gasteiger partial charge in [0.2, 0.25) is 21.8 Å². The van der Waals surface area contributed by atoms with Gasteiger partial charge in [0.15, 0.2) is 0 Å². The Kier molecular flexibility index (Phi) is 7.34. The van der Waals surface area contributed by atoms with Gasteiger partial charge in [-0.15, -0.1) is 0 Å². The maximum atomic E-state index is 12.9. The van der Waals surface area contributed by atoms with Gasteiger partial charge < -0.3 is 10.6 Å². The highest BCUT2D eigenvalue weighted by Crippen LogP contribution is 2.22. The largest absolute Gasteiger partial charge is 0.326 e. The average Bonchev–Trinajstić information content (AvgIpc) is 2.63. The number of nitrogens with one attached hydrogen (secondary N) is 2. The number of amides is 2. The lowest BCUT2D eigenvalue weighted by Gasteiger charge is -2.20. The fourth-order valence-corrected chi connectivity index (χ4v) is 4.23. The van der Waals surface area contributed by atoms with Crippen molar-refractivity contribution >= 4 is 49.1 Å². The van der Waals surface area contributed by atoms with Gasteiger partial charge in [-0.3, -0.25) is 9.59 Å². The van der Waals surface area contributed by atoms with E-state index in [-0.39, 0.29) is 23.9 Å². The normalized spacial score (nSPS) is 11.3. The molecule has 0 saturated heterocycles. The van der Waals surface area contributed by atoms with Gasteiger partial charge in [-0.1, -0.05) is 22.9 Å². The number of hydrogen-bond donors (Lipinski definition) is 2. The third kappa shape index (κ3) is 5.63. The Balaban J connectivity index is 2.09. The van der Waals surface area contributed by atoms with Crippen LogP contribution in [0.3, 0.4) is 0 Å². The SMILES string of the molecule is CCN(CC(=O)Nc1ccc(NC(C)=O)cc1)S(=O)(=O)c1ccc(Br)c(C)c1. The van der Waals surface area contributed by atoms with Crippen molar-refractivity contribution in [2.75, 3.05) is 23.7 Å². The summed E-state index contributed by atoms with van der Waals surface area (Å²) in [6.07, 6.45) is 0. The predicted octanol–water partition coefficient (Wildman–Crippen LogP) is 3.37. The van der Waals surface area contributed by atoms with Gasteiger partial charge in [0.25, 0.3) is 0 Å². The molecule has 0 bridgehead atoms. The summed E-state index contributed by atoms with van der Waals surface area (Å²) < 4.78 is 27.6. The zero-order valence-corrected chi connectivity index (χ0v) is 18.2. The number of anilines is 2. The molecule has 2 aromatic rings. The summed E-state index contributed by atoms with van der Waals surface area (Å²) in [5.74, 6) is -0.643. The zero-order valence-electron chi connectivity index (χ0n) is 15.8. The van der Waals surface area contributed by atoms with Crippen LogP contribution in [0, 0.1) is 6.92 Å². The van der Waals surface area contributed by atoms with Crippen molar-refractivity contribution in [3.05, 3.63) is 52.5 Å². The molecular weight excluding hydrogens is 446 g/mol. The third-order valence-electron chi connectivity index (χ3n) is 3.93. The summed E-state index contributed by atoms with van der Waals surface area (Å²) >= 11 is 3.35. The lowest BCUT2D eigenvalue weighted by atomic mass is 10.2. The van der Waals surface area contributed by atoms with Gasteiger partial charge in [0.05, 0.1) is 11.4 Å². The first-order valence-electron chi connectivity index (χ1n) is 8.57.